The lowest BCUT2D eigenvalue weighted by molar-refractivity contribution is 0.880. The topological polar surface area (TPSA) is 61.6 Å². The van der Waals surface area contributed by atoms with E-state index in [9.17, 15) is 0 Å². The van der Waals surface area contributed by atoms with Crippen LogP contribution in [0.2, 0.25) is 0 Å². The minimum atomic E-state index is 0.223. The van der Waals surface area contributed by atoms with Crippen LogP contribution in [0.4, 0.5) is 5.82 Å². The zero-order valence-electron chi connectivity index (χ0n) is 7.20. The molecule has 1 aliphatic rings. The second-order valence-corrected chi connectivity index (χ2v) is 3.20. The third-order valence-electron chi connectivity index (χ3n) is 2.02. The van der Waals surface area contributed by atoms with Gasteiger partial charge in [0.1, 0.15) is 11.9 Å². The highest BCUT2D eigenvalue weighted by Gasteiger charge is 2.20. The smallest absolute Gasteiger partial charge is 0.234 e. The molecule has 1 heterocycles. The van der Waals surface area contributed by atoms with Crippen molar-refractivity contribution in [2.75, 3.05) is 11.9 Å². The third-order valence-corrected chi connectivity index (χ3v) is 2.02. The van der Waals surface area contributed by atoms with E-state index in [4.69, 9.17) is 5.26 Å². The van der Waals surface area contributed by atoms with Gasteiger partial charge in [0.2, 0.25) is 5.82 Å². The molecule has 1 saturated carbocycles. The fourth-order valence-corrected chi connectivity index (χ4v) is 1.08. The molecule has 2 rings (SSSR count). The van der Waals surface area contributed by atoms with E-state index in [0.717, 1.165) is 18.3 Å². The molecule has 1 aromatic heterocycles. The predicted molar refractivity (Wildman–Crippen MR) is 48.0 cm³/mol. The Morgan fingerprint density at radius 3 is 3.15 bits per heavy atom. The van der Waals surface area contributed by atoms with E-state index in [1.807, 2.05) is 6.07 Å². The van der Waals surface area contributed by atoms with Crippen molar-refractivity contribution >= 4 is 5.82 Å². The average molecular weight is 174 g/mol. The molecule has 66 valence electrons. The van der Waals surface area contributed by atoms with Crippen LogP contribution in [-0.2, 0) is 0 Å². The maximum atomic E-state index is 8.55. The van der Waals surface area contributed by atoms with Gasteiger partial charge in [-0.15, -0.1) is 0 Å². The summed E-state index contributed by atoms with van der Waals surface area (Å²) in [6.45, 7) is 0.960. The Kier molecular flexibility index (Phi) is 2.09. The maximum Gasteiger partial charge on any atom is 0.234 e. The van der Waals surface area contributed by atoms with E-state index in [1.165, 1.54) is 12.8 Å². The zero-order chi connectivity index (χ0) is 9.10. The van der Waals surface area contributed by atoms with E-state index >= 15 is 0 Å². The summed E-state index contributed by atoms with van der Waals surface area (Å²) in [5.74, 6) is 1.78. The van der Waals surface area contributed by atoms with Gasteiger partial charge >= 0.3 is 0 Å². The monoisotopic (exact) mass is 174 g/mol. The quantitative estimate of drug-likeness (QED) is 0.747. The Labute approximate surface area is 76.6 Å². The van der Waals surface area contributed by atoms with Crippen LogP contribution in [-0.4, -0.2) is 16.5 Å². The molecule has 0 radical (unpaired) electrons. The summed E-state index contributed by atoms with van der Waals surface area (Å²) < 4.78 is 0. The van der Waals surface area contributed by atoms with Crippen LogP contribution in [0.15, 0.2) is 12.3 Å². The molecule has 0 unspecified atom stereocenters. The van der Waals surface area contributed by atoms with E-state index in [-0.39, 0.29) is 5.82 Å². The van der Waals surface area contributed by atoms with Crippen molar-refractivity contribution in [2.24, 2.45) is 5.92 Å². The summed E-state index contributed by atoms with van der Waals surface area (Å²) in [4.78, 5) is 7.80. The molecule has 1 fully saturated rings. The number of aromatic nitrogens is 2. The second-order valence-electron chi connectivity index (χ2n) is 3.20. The number of nitrogens with zero attached hydrogens (tertiary/aromatic N) is 3. The molecule has 0 atom stereocenters. The van der Waals surface area contributed by atoms with Crippen molar-refractivity contribution in [3.63, 3.8) is 0 Å². The van der Waals surface area contributed by atoms with Crippen LogP contribution < -0.4 is 5.32 Å². The highest BCUT2D eigenvalue weighted by atomic mass is 15.0. The van der Waals surface area contributed by atoms with E-state index < -0.39 is 0 Å². The lowest BCUT2D eigenvalue weighted by Crippen LogP contribution is -2.05. The highest BCUT2D eigenvalue weighted by Crippen LogP contribution is 2.28. The van der Waals surface area contributed by atoms with Crippen LogP contribution in [0.1, 0.15) is 18.7 Å². The molecule has 1 aromatic rings. The Bertz CT molecular complexity index is 338. The molecular weight excluding hydrogens is 164 g/mol. The molecular formula is C9H10N4. The van der Waals surface area contributed by atoms with Crippen molar-refractivity contribution in [2.45, 2.75) is 12.8 Å². The standard InChI is InChI=1S/C9H10N4/c10-5-9-11-4-3-8(13-9)12-6-7-1-2-7/h3-4,7H,1-2,6H2,(H,11,12,13). The number of nitrogens with one attached hydrogen (secondary N) is 1. The first kappa shape index (κ1) is 7.99. The van der Waals surface area contributed by atoms with Gasteiger partial charge in [0, 0.05) is 12.7 Å². The molecule has 13 heavy (non-hydrogen) atoms. The van der Waals surface area contributed by atoms with E-state index in [1.54, 1.807) is 12.3 Å². The zero-order valence-corrected chi connectivity index (χ0v) is 7.20. The first-order valence-corrected chi connectivity index (χ1v) is 4.35. The van der Waals surface area contributed by atoms with Crippen LogP contribution in [0.25, 0.3) is 0 Å². The van der Waals surface area contributed by atoms with Gasteiger partial charge in [-0.1, -0.05) is 0 Å². The molecule has 0 bridgehead atoms. The van der Waals surface area contributed by atoms with Crippen LogP contribution in [0, 0.1) is 17.2 Å². The largest absolute Gasteiger partial charge is 0.370 e. The fraction of sp³-hybridized carbons (Fsp3) is 0.444. The van der Waals surface area contributed by atoms with Crippen LogP contribution in [0.5, 0.6) is 0 Å². The molecule has 0 saturated heterocycles. The average Bonchev–Trinajstić information content (AvgIpc) is 2.99. The fourth-order valence-electron chi connectivity index (χ4n) is 1.08. The van der Waals surface area contributed by atoms with Gasteiger partial charge in [-0.3, -0.25) is 0 Å². The number of anilines is 1. The Hall–Kier alpha value is -1.63. The van der Waals surface area contributed by atoms with Crippen molar-refractivity contribution in [3.8, 4) is 6.07 Å². The van der Waals surface area contributed by atoms with Gasteiger partial charge < -0.3 is 5.32 Å². The summed E-state index contributed by atoms with van der Waals surface area (Å²) in [5, 5.41) is 11.7. The van der Waals surface area contributed by atoms with Crippen LogP contribution >= 0.6 is 0 Å². The summed E-state index contributed by atoms with van der Waals surface area (Å²) >= 11 is 0. The molecule has 0 aromatic carbocycles. The lowest BCUT2D eigenvalue weighted by atomic mass is 10.4. The summed E-state index contributed by atoms with van der Waals surface area (Å²) in [7, 11) is 0. The van der Waals surface area contributed by atoms with Gasteiger partial charge in [-0.05, 0) is 24.8 Å². The molecule has 4 nitrogen and oxygen atoms in total. The van der Waals surface area contributed by atoms with Gasteiger partial charge in [0.25, 0.3) is 0 Å². The minimum absolute atomic E-state index is 0.223. The van der Waals surface area contributed by atoms with E-state index in [0.29, 0.717) is 0 Å². The van der Waals surface area contributed by atoms with Gasteiger partial charge in [-0.25, -0.2) is 9.97 Å². The number of hydrogen-bond acceptors (Lipinski definition) is 4. The van der Waals surface area contributed by atoms with Crippen molar-refractivity contribution < 1.29 is 0 Å². The second kappa shape index (κ2) is 3.40. The van der Waals surface area contributed by atoms with Crippen molar-refractivity contribution in [3.05, 3.63) is 18.1 Å². The number of hydrogen-bond donors (Lipinski definition) is 1. The maximum absolute atomic E-state index is 8.55. The predicted octanol–water partition coefficient (Wildman–Crippen LogP) is 1.17. The third kappa shape index (κ3) is 2.15. The van der Waals surface area contributed by atoms with Gasteiger partial charge in [0.15, 0.2) is 0 Å². The molecule has 0 aliphatic heterocycles. The first-order chi connectivity index (χ1) is 6.38. The SMILES string of the molecule is N#Cc1nccc(NCC2CC2)n1. The van der Waals surface area contributed by atoms with E-state index in [2.05, 4.69) is 15.3 Å². The Morgan fingerprint density at radius 2 is 2.46 bits per heavy atom. The number of rotatable bonds is 3. The summed E-state index contributed by atoms with van der Waals surface area (Å²) in [6.07, 6.45) is 4.22. The first-order valence-electron chi connectivity index (χ1n) is 4.35. The lowest BCUT2D eigenvalue weighted by Gasteiger charge is -2.02. The molecule has 0 amide bonds. The van der Waals surface area contributed by atoms with Crippen molar-refractivity contribution in [1.82, 2.24) is 9.97 Å². The molecule has 0 spiro atoms. The summed E-state index contributed by atoms with van der Waals surface area (Å²) in [5.41, 5.74) is 0. The van der Waals surface area contributed by atoms with Crippen molar-refractivity contribution in [1.29, 1.82) is 5.26 Å². The van der Waals surface area contributed by atoms with Gasteiger partial charge in [0.05, 0.1) is 0 Å². The Balaban J connectivity index is 1.98. The highest BCUT2D eigenvalue weighted by molar-refractivity contribution is 5.35. The summed E-state index contributed by atoms with van der Waals surface area (Å²) in [6, 6.07) is 3.69. The molecule has 4 heteroatoms. The number of nitriles is 1. The molecule has 1 N–H and O–H groups in total. The van der Waals surface area contributed by atoms with Crippen LogP contribution in [0.3, 0.4) is 0 Å². The Morgan fingerprint density at radius 1 is 1.62 bits per heavy atom. The van der Waals surface area contributed by atoms with Gasteiger partial charge in [-0.2, -0.15) is 5.26 Å². The molecule has 1 aliphatic carbocycles. The minimum Gasteiger partial charge on any atom is -0.370 e. The normalized spacial score (nSPS) is 15.0.